The molecule has 2 aliphatic carbocycles. The normalized spacial score (nSPS) is 14.9. The topological polar surface area (TPSA) is 134 Å². The van der Waals surface area contributed by atoms with Gasteiger partial charge in [0, 0.05) is 5.92 Å². The number of rotatable bonds is 10. The summed E-state index contributed by atoms with van der Waals surface area (Å²) in [6, 6.07) is 15.2. The molecule has 9 nitrogen and oxygen atoms in total. The minimum absolute atomic E-state index is 0.0909. The number of carbonyl (C=O) groups excluding carboxylic acids is 3. The molecule has 0 bridgehead atoms. The highest BCUT2D eigenvalue weighted by molar-refractivity contribution is 5.90. The van der Waals surface area contributed by atoms with Crippen LogP contribution in [0.2, 0.25) is 0 Å². The highest BCUT2D eigenvalue weighted by Gasteiger charge is 2.32. The summed E-state index contributed by atoms with van der Waals surface area (Å²) < 4.78 is 5.54. The largest absolute Gasteiger partial charge is 0.480 e. The van der Waals surface area contributed by atoms with E-state index < -0.39 is 36.5 Å². The number of hydrogen-bond acceptors (Lipinski definition) is 5. The Morgan fingerprint density at radius 3 is 2.12 bits per heavy atom. The van der Waals surface area contributed by atoms with Gasteiger partial charge in [-0.05, 0) is 34.6 Å². The summed E-state index contributed by atoms with van der Waals surface area (Å²) in [6.45, 7) is -0.771. The maximum atomic E-state index is 12.6. The zero-order valence-corrected chi connectivity index (χ0v) is 18.6. The first-order chi connectivity index (χ1) is 16.4. The van der Waals surface area contributed by atoms with E-state index in [0.717, 1.165) is 35.1 Å². The second-order valence-electron chi connectivity index (χ2n) is 8.59. The zero-order chi connectivity index (χ0) is 24.1. The zero-order valence-electron chi connectivity index (χ0n) is 18.6. The summed E-state index contributed by atoms with van der Waals surface area (Å²) in [5.41, 5.74) is 4.44. The maximum Gasteiger partial charge on any atom is 0.407 e. The number of amides is 3. The lowest BCUT2D eigenvalue weighted by molar-refractivity contribution is -0.137. The van der Waals surface area contributed by atoms with Gasteiger partial charge in [-0.1, -0.05) is 61.4 Å². The van der Waals surface area contributed by atoms with E-state index in [1.54, 1.807) is 0 Å². The van der Waals surface area contributed by atoms with E-state index in [0.29, 0.717) is 12.3 Å². The molecule has 4 N–H and O–H groups in total. The number of carbonyl (C=O) groups is 4. The number of nitrogens with one attached hydrogen (secondary N) is 3. The van der Waals surface area contributed by atoms with Crippen molar-refractivity contribution in [2.45, 2.75) is 31.2 Å². The Morgan fingerprint density at radius 2 is 1.53 bits per heavy atom. The molecule has 1 saturated carbocycles. The third-order valence-corrected chi connectivity index (χ3v) is 6.08. The highest BCUT2D eigenvalue weighted by Crippen LogP contribution is 2.44. The number of hydrogen-bond donors (Lipinski definition) is 4. The van der Waals surface area contributed by atoms with Gasteiger partial charge in [0.15, 0.2) is 0 Å². The molecule has 2 aliphatic rings. The van der Waals surface area contributed by atoms with Crippen LogP contribution in [0.5, 0.6) is 0 Å². The summed E-state index contributed by atoms with van der Waals surface area (Å²) >= 11 is 0. The predicted molar refractivity (Wildman–Crippen MR) is 123 cm³/mol. The molecule has 3 amide bonds. The monoisotopic (exact) mass is 465 g/mol. The lowest BCUT2D eigenvalue weighted by Crippen LogP contribution is -2.49. The Kier molecular flexibility index (Phi) is 7.10. The van der Waals surface area contributed by atoms with Gasteiger partial charge in [-0.15, -0.1) is 0 Å². The highest BCUT2D eigenvalue weighted by atomic mass is 16.5. The molecule has 2 aromatic carbocycles. The van der Waals surface area contributed by atoms with E-state index in [2.05, 4.69) is 28.1 Å². The van der Waals surface area contributed by atoms with Crippen molar-refractivity contribution in [1.82, 2.24) is 16.0 Å². The second-order valence-corrected chi connectivity index (χ2v) is 8.59. The van der Waals surface area contributed by atoms with Crippen molar-refractivity contribution in [3.05, 3.63) is 59.7 Å². The fourth-order valence-electron chi connectivity index (χ4n) is 4.23. The Hall–Kier alpha value is -3.88. The average Bonchev–Trinajstić information content (AvgIpc) is 3.60. The lowest BCUT2D eigenvalue weighted by Gasteiger charge is -2.19. The SMILES string of the molecule is O=C(O)CNC(=O)CNC(=O)[C@H](CC1CC1)NC(=O)OCC1c2ccccc2-c2ccccc21. The molecule has 2 aromatic rings. The maximum absolute atomic E-state index is 12.6. The van der Waals surface area contributed by atoms with Crippen molar-refractivity contribution in [2.24, 2.45) is 5.92 Å². The van der Waals surface area contributed by atoms with Crippen LogP contribution in [-0.2, 0) is 19.1 Å². The third-order valence-electron chi connectivity index (χ3n) is 6.08. The molecule has 4 rings (SSSR count). The average molecular weight is 466 g/mol. The first-order valence-corrected chi connectivity index (χ1v) is 11.3. The Balaban J connectivity index is 1.33. The van der Waals surface area contributed by atoms with E-state index in [9.17, 15) is 19.2 Å². The van der Waals surface area contributed by atoms with Crippen molar-refractivity contribution in [1.29, 1.82) is 0 Å². The van der Waals surface area contributed by atoms with Crippen LogP contribution in [0.15, 0.2) is 48.5 Å². The van der Waals surface area contributed by atoms with Crippen molar-refractivity contribution in [3.63, 3.8) is 0 Å². The van der Waals surface area contributed by atoms with Gasteiger partial charge in [-0.2, -0.15) is 0 Å². The molecule has 34 heavy (non-hydrogen) atoms. The van der Waals surface area contributed by atoms with Crippen LogP contribution in [0, 0.1) is 5.92 Å². The molecule has 0 heterocycles. The summed E-state index contributed by atoms with van der Waals surface area (Å²) in [6.07, 6.45) is 1.72. The van der Waals surface area contributed by atoms with Gasteiger partial charge in [0.2, 0.25) is 11.8 Å². The lowest BCUT2D eigenvalue weighted by atomic mass is 9.98. The molecule has 9 heteroatoms. The van der Waals surface area contributed by atoms with E-state index in [1.807, 2.05) is 36.4 Å². The number of carboxylic acid groups (broad SMARTS) is 1. The van der Waals surface area contributed by atoms with Crippen LogP contribution in [-0.4, -0.2) is 54.7 Å². The van der Waals surface area contributed by atoms with Gasteiger partial charge in [0.1, 0.15) is 19.2 Å². The van der Waals surface area contributed by atoms with E-state index in [4.69, 9.17) is 9.84 Å². The van der Waals surface area contributed by atoms with Crippen molar-refractivity contribution in [2.75, 3.05) is 19.7 Å². The molecular weight excluding hydrogens is 438 g/mol. The Labute approximate surface area is 196 Å². The number of carboxylic acids is 1. The van der Waals surface area contributed by atoms with Gasteiger partial charge < -0.3 is 25.8 Å². The third kappa shape index (κ3) is 5.72. The minimum atomic E-state index is -1.18. The summed E-state index contributed by atoms with van der Waals surface area (Å²) in [4.78, 5) is 47.4. The number of fused-ring (bicyclic) bond motifs is 3. The van der Waals surface area contributed by atoms with Crippen LogP contribution in [0.4, 0.5) is 4.79 Å². The van der Waals surface area contributed by atoms with Crippen LogP contribution < -0.4 is 16.0 Å². The summed E-state index contributed by atoms with van der Waals surface area (Å²) in [5, 5.41) is 15.9. The predicted octanol–water partition coefficient (Wildman–Crippen LogP) is 2.01. The molecule has 0 unspecified atom stereocenters. The van der Waals surface area contributed by atoms with Gasteiger partial charge in [-0.3, -0.25) is 14.4 Å². The van der Waals surface area contributed by atoms with Crippen molar-refractivity contribution < 1.29 is 29.0 Å². The van der Waals surface area contributed by atoms with Crippen LogP contribution in [0.25, 0.3) is 11.1 Å². The molecule has 0 saturated heterocycles. The molecule has 1 fully saturated rings. The second kappa shape index (κ2) is 10.4. The van der Waals surface area contributed by atoms with Crippen molar-refractivity contribution >= 4 is 23.9 Å². The summed E-state index contributed by atoms with van der Waals surface area (Å²) in [7, 11) is 0. The fourth-order valence-corrected chi connectivity index (χ4v) is 4.23. The number of alkyl carbamates (subject to hydrolysis) is 1. The number of aliphatic carboxylic acids is 1. The molecule has 0 aromatic heterocycles. The smallest absolute Gasteiger partial charge is 0.407 e. The number of benzene rings is 2. The molecule has 0 radical (unpaired) electrons. The summed E-state index contributed by atoms with van der Waals surface area (Å²) in [5.74, 6) is -2.06. The van der Waals surface area contributed by atoms with E-state index >= 15 is 0 Å². The van der Waals surface area contributed by atoms with Gasteiger partial charge in [0.25, 0.3) is 0 Å². The minimum Gasteiger partial charge on any atom is -0.480 e. The first-order valence-electron chi connectivity index (χ1n) is 11.3. The van der Waals surface area contributed by atoms with Gasteiger partial charge in [-0.25, -0.2) is 4.79 Å². The molecule has 1 atom stereocenters. The molecule has 178 valence electrons. The standard InChI is InChI=1S/C25H27N3O6/c29-22(26-13-23(30)31)12-27-24(32)21(11-15-9-10-15)28-25(33)34-14-20-18-7-3-1-5-16(18)17-6-2-4-8-19(17)20/h1-8,15,20-21H,9-14H2,(H,26,29)(H,27,32)(H,28,33)(H,30,31)/t21-/m0/s1. The molecular formula is C25H27N3O6. The fraction of sp³-hybridized carbons (Fsp3) is 0.360. The molecule has 0 spiro atoms. The van der Waals surface area contributed by atoms with Gasteiger partial charge >= 0.3 is 12.1 Å². The molecule has 0 aliphatic heterocycles. The Morgan fingerprint density at radius 1 is 0.912 bits per heavy atom. The quantitative estimate of drug-likeness (QED) is 0.424. The van der Waals surface area contributed by atoms with Gasteiger partial charge in [0.05, 0.1) is 6.54 Å². The number of ether oxygens (including phenoxy) is 1. The Bertz CT molecular complexity index is 1050. The first kappa shape index (κ1) is 23.3. The van der Waals surface area contributed by atoms with E-state index in [1.165, 1.54) is 0 Å². The van der Waals surface area contributed by atoms with Crippen LogP contribution in [0.3, 0.4) is 0 Å². The van der Waals surface area contributed by atoms with Crippen LogP contribution >= 0.6 is 0 Å². The van der Waals surface area contributed by atoms with Crippen molar-refractivity contribution in [3.8, 4) is 11.1 Å². The van der Waals surface area contributed by atoms with Crippen LogP contribution in [0.1, 0.15) is 36.3 Å². The van der Waals surface area contributed by atoms with E-state index in [-0.39, 0.29) is 19.1 Å².